The SMILES string of the molecule is CCc1cccc(C)c1NC(=O)C(Sc1cccc(NC(=O)/C(=C\c2cc(OC)c(OC)cc2OC)NC(=O)c2ccccc2)c1)c1ccccc1. The van der Waals surface area contributed by atoms with Crippen LogP contribution in [-0.2, 0) is 16.0 Å². The van der Waals surface area contributed by atoms with Gasteiger partial charge in [0.05, 0.1) is 21.3 Å². The van der Waals surface area contributed by atoms with Crippen LogP contribution in [0.25, 0.3) is 6.08 Å². The second-order valence-electron chi connectivity index (χ2n) is 11.7. The van der Waals surface area contributed by atoms with Crippen LogP contribution in [-0.4, -0.2) is 39.1 Å². The largest absolute Gasteiger partial charge is 0.496 e. The molecule has 5 aromatic rings. The molecule has 0 spiro atoms. The molecule has 5 aromatic carbocycles. The van der Waals surface area contributed by atoms with Crippen molar-refractivity contribution < 1.29 is 28.6 Å². The van der Waals surface area contributed by atoms with Gasteiger partial charge in [-0.3, -0.25) is 14.4 Å². The number of aryl methyl sites for hydroxylation is 2. The first-order valence-electron chi connectivity index (χ1n) is 16.6. The van der Waals surface area contributed by atoms with Crippen LogP contribution in [0.2, 0.25) is 0 Å². The summed E-state index contributed by atoms with van der Waals surface area (Å²) >= 11 is 1.37. The molecule has 0 aliphatic rings. The Bertz CT molecular complexity index is 2070. The third-order valence-corrected chi connectivity index (χ3v) is 9.49. The van der Waals surface area contributed by atoms with E-state index in [1.54, 1.807) is 60.7 Å². The summed E-state index contributed by atoms with van der Waals surface area (Å²) in [7, 11) is 4.51. The van der Waals surface area contributed by atoms with Crippen LogP contribution < -0.4 is 30.2 Å². The van der Waals surface area contributed by atoms with E-state index in [9.17, 15) is 14.4 Å². The summed E-state index contributed by atoms with van der Waals surface area (Å²) in [6.07, 6.45) is 2.30. The van der Waals surface area contributed by atoms with Gasteiger partial charge in [-0.05, 0) is 72.5 Å². The van der Waals surface area contributed by atoms with Crippen LogP contribution in [0.5, 0.6) is 17.2 Å². The molecule has 5 rings (SSSR count). The van der Waals surface area contributed by atoms with Crippen LogP contribution in [0, 0.1) is 6.92 Å². The highest BCUT2D eigenvalue weighted by Crippen LogP contribution is 2.38. The molecule has 3 amide bonds. The van der Waals surface area contributed by atoms with Gasteiger partial charge >= 0.3 is 0 Å². The molecule has 0 fully saturated rings. The summed E-state index contributed by atoms with van der Waals surface area (Å²) in [6, 6.07) is 34.7. The lowest BCUT2D eigenvalue weighted by Gasteiger charge is -2.20. The van der Waals surface area contributed by atoms with Crippen molar-refractivity contribution in [3.63, 3.8) is 0 Å². The number of hydrogen-bond acceptors (Lipinski definition) is 7. The predicted molar refractivity (Wildman–Crippen MR) is 207 cm³/mol. The number of para-hydroxylation sites is 1. The zero-order valence-electron chi connectivity index (χ0n) is 29.7. The lowest BCUT2D eigenvalue weighted by Crippen LogP contribution is -2.30. The molecule has 1 atom stereocenters. The highest BCUT2D eigenvalue weighted by atomic mass is 32.2. The molecule has 0 aromatic heterocycles. The number of rotatable bonds is 14. The van der Waals surface area contributed by atoms with Crippen molar-refractivity contribution in [2.75, 3.05) is 32.0 Å². The van der Waals surface area contributed by atoms with E-state index in [4.69, 9.17) is 14.2 Å². The summed E-state index contributed by atoms with van der Waals surface area (Å²) in [5, 5.41) is 8.28. The number of carbonyl (C=O) groups is 3. The van der Waals surface area contributed by atoms with Gasteiger partial charge in [0.15, 0.2) is 11.5 Å². The van der Waals surface area contributed by atoms with Crippen LogP contribution in [0.1, 0.15) is 44.8 Å². The topological polar surface area (TPSA) is 115 Å². The van der Waals surface area contributed by atoms with Crippen LogP contribution in [0.15, 0.2) is 126 Å². The zero-order chi connectivity index (χ0) is 37.0. The second-order valence-corrected chi connectivity index (χ2v) is 12.8. The minimum atomic E-state index is -0.588. The van der Waals surface area contributed by atoms with Crippen molar-refractivity contribution in [3.05, 3.63) is 149 Å². The van der Waals surface area contributed by atoms with Gasteiger partial charge in [0.2, 0.25) is 5.91 Å². The summed E-state index contributed by atoms with van der Waals surface area (Å²) in [4.78, 5) is 42.0. The smallest absolute Gasteiger partial charge is 0.272 e. The van der Waals surface area contributed by atoms with Gasteiger partial charge in [0.25, 0.3) is 11.8 Å². The molecule has 0 saturated carbocycles. The lowest BCUT2D eigenvalue weighted by molar-refractivity contribution is -0.116. The molecule has 3 N–H and O–H groups in total. The molecule has 9 nitrogen and oxygen atoms in total. The average molecular weight is 716 g/mol. The Morgan fingerprint density at radius 3 is 2.06 bits per heavy atom. The van der Waals surface area contributed by atoms with E-state index in [0.29, 0.717) is 34.1 Å². The molecule has 0 bridgehead atoms. The summed E-state index contributed by atoms with van der Waals surface area (Å²) in [5.74, 6) is 0.0513. The molecule has 0 radical (unpaired) electrons. The van der Waals surface area contributed by atoms with Crippen LogP contribution >= 0.6 is 11.8 Å². The number of anilines is 2. The fourth-order valence-electron chi connectivity index (χ4n) is 5.54. The maximum absolute atomic E-state index is 14.0. The van der Waals surface area contributed by atoms with Gasteiger partial charge in [-0.2, -0.15) is 0 Å². The minimum Gasteiger partial charge on any atom is -0.496 e. The Balaban J connectivity index is 1.45. The Hall–Kier alpha value is -6.00. The van der Waals surface area contributed by atoms with Gasteiger partial charge < -0.3 is 30.2 Å². The number of carbonyl (C=O) groups excluding carboxylic acids is 3. The molecule has 0 heterocycles. The van der Waals surface area contributed by atoms with Crippen molar-refractivity contribution >= 4 is 46.9 Å². The van der Waals surface area contributed by atoms with Crippen molar-refractivity contribution in [2.45, 2.75) is 30.4 Å². The van der Waals surface area contributed by atoms with Crippen molar-refractivity contribution in [3.8, 4) is 17.2 Å². The highest BCUT2D eigenvalue weighted by Gasteiger charge is 2.24. The van der Waals surface area contributed by atoms with Gasteiger partial charge in [-0.1, -0.05) is 79.7 Å². The third-order valence-electron chi connectivity index (χ3n) is 8.24. The number of thioether (sulfide) groups is 1. The standard InChI is InChI=1S/C42H41N3O6S/c1-6-28-20-13-15-27(2)38(28)45-42(48)39(29-16-9-7-10-17-29)52-33-22-14-21-32(25-33)43-41(47)34(44-40(46)30-18-11-8-12-19-30)23-31-24-36(50-4)37(51-5)26-35(31)49-3/h7-26,39H,6H2,1-5H3,(H,43,47)(H,44,46)(H,45,48)/b34-23+. The van der Waals surface area contributed by atoms with E-state index in [1.165, 1.54) is 39.2 Å². The fraction of sp³-hybridized carbons (Fsp3) is 0.167. The third kappa shape index (κ3) is 9.21. The summed E-state index contributed by atoms with van der Waals surface area (Å²) in [5.41, 5.74) is 4.98. The first-order valence-corrected chi connectivity index (χ1v) is 17.5. The molecular weight excluding hydrogens is 675 g/mol. The molecule has 0 aliphatic carbocycles. The Morgan fingerprint density at radius 2 is 1.38 bits per heavy atom. The maximum atomic E-state index is 14.0. The van der Waals surface area contributed by atoms with E-state index in [1.807, 2.05) is 61.5 Å². The van der Waals surface area contributed by atoms with E-state index in [2.05, 4.69) is 22.9 Å². The molecule has 52 heavy (non-hydrogen) atoms. The van der Waals surface area contributed by atoms with Gasteiger partial charge in [-0.25, -0.2) is 0 Å². The van der Waals surface area contributed by atoms with Gasteiger partial charge in [-0.15, -0.1) is 11.8 Å². The molecule has 266 valence electrons. The first-order chi connectivity index (χ1) is 25.2. The fourth-order valence-corrected chi connectivity index (χ4v) is 6.62. The van der Waals surface area contributed by atoms with Gasteiger partial charge in [0, 0.05) is 33.5 Å². The summed E-state index contributed by atoms with van der Waals surface area (Å²) in [6.45, 7) is 4.05. The van der Waals surface area contributed by atoms with Crippen LogP contribution in [0.4, 0.5) is 11.4 Å². The Labute approximate surface area is 308 Å². The Morgan fingerprint density at radius 1 is 0.731 bits per heavy atom. The molecule has 0 aliphatic heterocycles. The van der Waals surface area contributed by atoms with Gasteiger partial charge in [0.1, 0.15) is 16.7 Å². The number of nitrogens with one attached hydrogen (secondary N) is 3. The molecule has 10 heteroatoms. The molecular formula is C42H41N3O6S. The molecule has 1 unspecified atom stereocenters. The van der Waals surface area contributed by atoms with Crippen molar-refractivity contribution in [1.29, 1.82) is 0 Å². The zero-order valence-corrected chi connectivity index (χ0v) is 30.5. The molecule has 0 saturated heterocycles. The summed E-state index contributed by atoms with van der Waals surface area (Å²) < 4.78 is 16.5. The first kappa shape index (κ1) is 37.3. The average Bonchev–Trinajstić information content (AvgIpc) is 3.17. The van der Waals surface area contributed by atoms with E-state index >= 15 is 0 Å². The highest BCUT2D eigenvalue weighted by molar-refractivity contribution is 8.00. The van der Waals surface area contributed by atoms with E-state index in [0.717, 1.165) is 33.7 Å². The van der Waals surface area contributed by atoms with E-state index in [-0.39, 0.29) is 11.6 Å². The van der Waals surface area contributed by atoms with Crippen LogP contribution in [0.3, 0.4) is 0 Å². The van der Waals surface area contributed by atoms with Crippen molar-refractivity contribution in [1.82, 2.24) is 5.32 Å². The monoisotopic (exact) mass is 715 g/mol. The number of methoxy groups -OCH3 is 3. The number of ether oxygens (including phenoxy) is 3. The maximum Gasteiger partial charge on any atom is 0.272 e. The van der Waals surface area contributed by atoms with Crippen molar-refractivity contribution in [2.24, 2.45) is 0 Å². The normalized spacial score (nSPS) is 11.6. The minimum absolute atomic E-state index is 0.0380. The predicted octanol–water partition coefficient (Wildman–Crippen LogP) is 8.46. The lowest BCUT2D eigenvalue weighted by atomic mass is 10.1. The number of hydrogen-bond donors (Lipinski definition) is 3. The number of benzene rings is 5. The second kappa shape index (κ2) is 17.8. The van der Waals surface area contributed by atoms with E-state index < -0.39 is 17.1 Å². The Kier molecular flexibility index (Phi) is 12.7. The quantitative estimate of drug-likeness (QED) is 0.0781. The number of amides is 3.